The molecule has 0 aliphatic carbocycles. The molecule has 0 saturated heterocycles. The van der Waals surface area contributed by atoms with Crippen LogP contribution in [0.1, 0.15) is 66.6 Å². The third-order valence-corrected chi connectivity index (χ3v) is 11.8. The van der Waals surface area contributed by atoms with E-state index in [1.54, 1.807) is 5.19 Å². The highest BCUT2D eigenvalue weighted by atomic mass is 28.3. The lowest BCUT2D eigenvalue weighted by molar-refractivity contribution is -0.717. The quantitative estimate of drug-likeness (QED) is 0.150. The number of rotatable bonds is 4. The van der Waals surface area contributed by atoms with Gasteiger partial charge < -0.3 is 4.42 Å². The van der Waals surface area contributed by atoms with Gasteiger partial charge in [0.05, 0.1) is 20.2 Å². The summed E-state index contributed by atoms with van der Waals surface area (Å²) in [7, 11) is -1.63. The average Bonchev–Trinajstić information content (AvgIpc) is 3.36. The van der Waals surface area contributed by atoms with Gasteiger partial charge in [-0.05, 0) is 73.6 Å². The predicted octanol–water partition coefficient (Wildman–Crippen LogP) is 9.15. The topological polar surface area (TPSA) is 42.3 Å². The summed E-state index contributed by atoms with van der Waals surface area (Å²) < 4.78 is 9.16. The molecule has 0 bridgehead atoms. The molecule has 2 aromatic carbocycles. The van der Waals surface area contributed by atoms with Gasteiger partial charge >= 0.3 is 0 Å². The SMILES string of the molecule is C=C/C1=N/C(=C)CC2C(CCc3c1ccc1c3oc3nc(C)ccc31)c1ccccc1-c1cc(CC(C)C)c([Si](C)(C)C)c[n+]12. The molecular weight excluding hydrogens is 567 g/mol. The van der Waals surface area contributed by atoms with Crippen molar-refractivity contribution in [2.45, 2.75) is 78.1 Å². The van der Waals surface area contributed by atoms with Crippen molar-refractivity contribution in [2.24, 2.45) is 10.9 Å². The number of hydrogen-bond donors (Lipinski definition) is 0. The second-order valence-electron chi connectivity index (χ2n) is 14.5. The molecule has 0 radical (unpaired) electrons. The molecule has 228 valence electrons. The van der Waals surface area contributed by atoms with Crippen molar-refractivity contribution in [2.75, 3.05) is 0 Å². The van der Waals surface area contributed by atoms with Crippen LogP contribution >= 0.6 is 0 Å². The summed E-state index contributed by atoms with van der Waals surface area (Å²) in [5, 5.41) is 3.72. The average molecular weight is 611 g/mol. The monoisotopic (exact) mass is 610 g/mol. The summed E-state index contributed by atoms with van der Waals surface area (Å²) in [6.45, 7) is 22.8. The van der Waals surface area contributed by atoms with E-state index in [0.29, 0.717) is 17.5 Å². The van der Waals surface area contributed by atoms with E-state index >= 15 is 0 Å². The number of aliphatic imine (C=N–C) groups is 1. The first-order chi connectivity index (χ1) is 21.5. The minimum Gasteiger partial charge on any atom is -0.437 e. The molecule has 5 aromatic rings. The first-order valence-electron chi connectivity index (χ1n) is 16.4. The van der Waals surface area contributed by atoms with Gasteiger partial charge in [0.25, 0.3) is 0 Å². The van der Waals surface area contributed by atoms with E-state index in [1.807, 2.05) is 13.0 Å². The first kappa shape index (κ1) is 29.6. The van der Waals surface area contributed by atoms with Crippen molar-refractivity contribution in [3.05, 3.63) is 114 Å². The molecule has 0 spiro atoms. The van der Waals surface area contributed by atoms with Crippen molar-refractivity contribution in [3.63, 3.8) is 0 Å². The number of fused-ring (bicyclic) bond motifs is 11. The largest absolute Gasteiger partial charge is 0.437 e. The third kappa shape index (κ3) is 5.11. The number of pyridine rings is 2. The van der Waals surface area contributed by atoms with Gasteiger partial charge in [-0.15, -0.1) is 0 Å². The van der Waals surface area contributed by atoms with Gasteiger partial charge in [0.2, 0.25) is 11.4 Å². The number of aromatic nitrogens is 2. The van der Waals surface area contributed by atoms with Crippen LogP contribution in [0.2, 0.25) is 19.6 Å². The van der Waals surface area contributed by atoms with Crippen molar-refractivity contribution >= 4 is 41.0 Å². The highest BCUT2D eigenvalue weighted by Gasteiger charge is 2.42. The predicted molar refractivity (Wildman–Crippen MR) is 190 cm³/mol. The van der Waals surface area contributed by atoms with Crippen molar-refractivity contribution in [1.82, 2.24) is 4.98 Å². The zero-order valence-corrected chi connectivity index (χ0v) is 28.6. The Morgan fingerprint density at radius 3 is 2.58 bits per heavy atom. The molecule has 2 unspecified atom stereocenters. The molecule has 2 atom stereocenters. The fourth-order valence-electron chi connectivity index (χ4n) is 7.76. The van der Waals surface area contributed by atoms with E-state index in [4.69, 9.17) is 14.4 Å². The molecule has 0 fully saturated rings. The Kier molecular flexibility index (Phi) is 7.28. The highest BCUT2D eigenvalue weighted by Crippen LogP contribution is 2.45. The number of benzene rings is 2. The Labute approximate surface area is 268 Å². The summed E-state index contributed by atoms with van der Waals surface area (Å²) in [5.41, 5.74) is 12.2. The molecule has 3 aromatic heterocycles. The lowest BCUT2D eigenvalue weighted by atomic mass is 9.77. The van der Waals surface area contributed by atoms with E-state index in [2.05, 4.69) is 112 Å². The molecule has 0 saturated carbocycles. The van der Waals surface area contributed by atoms with Gasteiger partial charge in [0.1, 0.15) is 5.58 Å². The maximum atomic E-state index is 6.56. The summed E-state index contributed by atoms with van der Waals surface area (Å²) in [5.74, 6) is 0.901. The van der Waals surface area contributed by atoms with Crippen LogP contribution < -0.4 is 9.75 Å². The van der Waals surface area contributed by atoms with Gasteiger partial charge in [0, 0.05) is 56.0 Å². The first-order valence-corrected chi connectivity index (χ1v) is 19.9. The molecule has 45 heavy (non-hydrogen) atoms. The summed E-state index contributed by atoms with van der Waals surface area (Å²) in [6.07, 6.45) is 8.14. The summed E-state index contributed by atoms with van der Waals surface area (Å²) >= 11 is 0. The lowest BCUT2D eigenvalue weighted by Crippen LogP contribution is -2.54. The molecule has 0 N–H and O–H groups in total. The van der Waals surface area contributed by atoms with Gasteiger partial charge in [-0.1, -0.05) is 70.9 Å². The lowest BCUT2D eigenvalue weighted by Gasteiger charge is -2.33. The summed E-state index contributed by atoms with van der Waals surface area (Å²) in [6, 6.07) is 20.3. The van der Waals surface area contributed by atoms with Crippen LogP contribution in [0.4, 0.5) is 0 Å². The zero-order chi connectivity index (χ0) is 31.6. The number of hydrogen-bond acceptors (Lipinski definition) is 3. The Bertz CT molecular complexity index is 2040. The summed E-state index contributed by atoms with van der Waals surface area (Å²) in [4.78, 5) is 9.89. The van der Waals surface area contributed by atoms with Gasteiger partial charge in [-0.3, -0.25) is 4.99 Å². The number of allylic oxidation sites excluding steroid dienone is 2. The van der Waals surface area contributed by atoms with E-state index in [0.717, 1.165) is 64.7 Å². The molecule has 7 rings (SSSR count). The Hall–Kier alpha value is -4.09. The van der Waals surface area contributed by atoms with Crippen molar-refractivity contribution in [1.29, 1.82) is 0 Å². The van der Waals surface area contributed by atoms with E-state index in [1.165, 1.54) is 27.9 Å². The van der Waals surface area contributed by atoms with Crippen LogP contribution in [0.25, 0.3) is 33.3 Å². The van der Waals surface area contributed by atoms with E-state index in [-0.39, 0.29) is 6.04 Å². The Morgan fingerprint density at radius 1 is 1.04 bits per heavy atom. The molecule has 2 aliphatic rings. The van der Waals surface area contributed by atoms with Crippen molar-refractivity contribution in [3.8, 4) is 11.3 Å². The molecular formula is C40H44N3OSi+. The molecule has 4 nitrogen and oxygen atoms in total. The third-order valence-electron chi connectivity index (χ3n) is 9.74. The van der Waals surface area contributed by atoms with Crippen LogP contribution in [-0.2, 0) is 12.8 Å². The van der Waals surface area contributed by atoms with Gasteiger partial charge in [0.15, 0.2) is 12.2 Å². The van der Waals surface area contributed by atoms with Crippen LogP contribution in [0.5, 0.6) is 0 Å². The maximum absolute atomic E-state index is 6.56. The second-order valence-corrected chi connectivity index (χ2v) is 19.5. The number of furan rings is 1. The molecule has 2 aliphatic heterocycles. The minimum absolute atomic E-state index is 0.209. The second kappa shape index (κ2) is 11.1. The maximum Gasteiger partial charge on any atom is 0.227 e. The fraction of sp³-hybridized carbons (Fsp3) is 0.325. The van der Waals surface area contributed by atoms with Crippen molar-refractivity contribution < 1.29 is 8.98 Å². The van der Waals surface area contributed by atoms with Crippen LogP contribution in [0, 0.1) is 12.8 Å². The van der Waals surface area contributed by atoms with Crippen LogP contribution in [-0.4, -0.2) is 18.8 Å². The normalized spacial score (nSPS) is 19.4. The number of nitrogens with zero attached hydrogens (tertiary/aromatic N) is 3. The molecule has 5 heteroatoms. The molecule has 0 amide bonds. The standard InChI is InChI=1S/C40H44N3OSi/c1-9-35-29-16-18-33-34-15-14-25(4)42-40(34)44-39(33)32(29)19-17-31-28-12-10-11-13-30(28)37-22-27(20-24(2)3)38(45(6,7)8)23-43(37)36(31)21-26(5)41-35/h9-16,18,22-24,31,36H,1,5,17,19-21H2,2-4,6-8H3/q+1/b41-35-. The fourth-order valence-corrected chi connectivity index (χ4v) is 9.42. The smallest absolute Gasteiger partial charge is 0.227 e. The van der Waals surface area contributed by atoms with Crippen LogP contribution in [0.3, 0.4) is 0 Å². The van der Waals surface area contributed by atoms with E-state index in [9.17, 15) is 0 Å². The highest BCUT2D eigenvalue weighted by molar-refractivity contribution is 6.89. The zero-order valence-electron chi connectivity index (χ0n) is 27.6. The van der Waals surface area contributed by atoms with Crippen LogP contribution in [0.15, 0.2) is 95.1 Å². The minimum atomic E-state index is -1.63. The Balaban J connectivity index is 1.44. The van der Waals surface area contributed by atoms with Gasteiger partial charge in [-0.2, -0.15) is 4.57 Å². The number of aryl methyl sites for hydroxylation is 2. The Morgan fingerprint density at radius 2 is 1.82 bits per heavy atom. The molecule has 5 heterocycles. The van der Waals surface area contributed by atoms with Gasteiger partial charge in [-0.25, -0.2) is 4.98 Å². The van der Waals surface area contributed by atoms with E-state index < -0.39 is 8.07 Å².